The summed E-state index contributed by atoms with van der Waals surface area (Å²) >= 11 is 1.63. The van der Waals surface area contributed by atoms with Crippen molar-refractivity contribution in [3.8, 4) is 0 Å². The highest BCUT2D eigenvalue weighted by atomic mass is 32.2. The summed E-state index contributed by atoms with van der Waals surface area (Å²) in [4.78, 5) is 8.49. The number of hydrogen-bond acceptors (Lipinski definition) is 4. The zero-order valence-electron chi connectivity index (χ0n) is 10.4. The Kier molecular flexibility index (Phi) is 4.74. The Morgan fingerprint density at radius 2 is 2.11 bits per heavy atom. The second kappa shape index (κ2) is 6.75. The van der Waals surface area contributed by atoms with Gasteiger partial charge in [-0.1, -0.05) is 48.2 Å². The topological polar surface area (TPSA) is 89.1 Å². The van der Waals surface area contributed by atoms with Crippen LogP contribution in [0.5, 0.6) is 0 Å². The predicted octanol–water partition coefficient (Wildman–Crippen LogP) is 1.87. The number of benzene rings is 1. The lowest BCUT2D eigenvalue weighted by atomic mass is 10.2. The summed E-state index contributed by atoms with van der Waals surface area (Å²) in [6, 6.07) is 10.2. The lowest BCUT2D eigenvalue weighted by Crippen LogP contribution is -2.19. The average Bonchev–Trinajstić information content (AvgIpc) is 2.47. The molecule has 6 heteroatoms. The third kappa shape index (κ3) is 3.96. The smallest absolute Gasteiger partial charge is 0.237 e. The molecule has 19 heavy (non-hydrogen) atoms. The quantitative estimate of drug-likeness (QED) is 0.373. The third-order valence-electron chi connectivity index (χ3n) is 2.46. The van der Waals surface area contributed by atoms with Crippen molar-refractivity contribution in [3.63, 3.8) is 0 Å². The van der Waals surface area contributed by atoms with Crippen LogP contribution in [0.25, 0.3) is 0 Å². The van der Waals surface area contributed by atoms with E-state index in [9.17, 15) is 0 Å². The minimum Gasteiger partial charge on any atom is -0.367 e. The van der Waals surface area contributed by atoms with E-state index in [0.29, 0.717) is 6.42 Å². The van der Waals surface area contributed by atoms with Gasteiger partial charge in [-0.2, -0.15) is 0 Å². The molecule has 0 unspecified atom stereocenters. The molecular weight excluding hydrogens is 258 g/mol. The fourth-order valence-electron chi connectivity index (χ4n) is 1.55. The Bertz CT molecular complexity index is 545. The number of guanidine groups is 1. The molecule has 0 fully saturated rings. The fourth-order valence-corrected chi connectivity index (χ4v) is 2.48. The molecule has 1 aliphatic heterocycles. The van der Waals surface area contributed by atoms with E-state index in [1.807, 2.05) is 24.3 Å². The molecule has 0 spiro atoms. The first kappa shape index (κ1) is 13.4. The van der Waals surface area contributed by atoms with Crippen LogP contribution in [0.1, 0.15) is 12.0 Å². The van der Waals surface area contributed by atoms with Gasteiger partial charge in [-0.25, -0.2) is 9.98 Å². The SMILES string of the molecule is NN=C(N)N=C1CC=CN=C1SCc1ccccc1. The number of aliphatic imine (C=N–C) groups is 2. The molecule has 4 N–H and O–H groups in total. The van der Waals surface area contributed by atoms with Crippen LogP contribution in [0.15, 0.2) is 57.7 Å². The van der Waals surface area contributed by atoms with Crippen molar-refractivity contribution in [2.45, 2.75) is 12.2 Å². The molecule has 0 saturated heterocycles. The van der Waals surface area contributed by atoms with Crippen molar-refractivity contribution in [1.29, 1.82) is 0 Å². The molecule has 0 aromatic heterocycles. The monoisotopic (exact) mass is 273 g/mol. The maximum absolute atomic E-state index is 5.52. The van der Waals surface area contributed by atoms with Gasteiger partial charge in [0.1, 0.15) is 5.04 Å². The van der Waals surface area contributed by atoms with Crippen LogP contribution in [0, 0.1) is 0 Å². The van der Waals surface area contributed by atoms with E-state index in [-0.39, 0.29) is 5.96 Å². The van der Waals surface area contributed by atoms with Crippen molar-refractivity contribution >= 4 is 28.5 Å². The van der Waals surface area contributed by atoms with E-state index in [1.54, 1.807) is 18.0 Å². The van der Waals surface area contributed by atoms with Gasteiger partial charge in [-0.3, -0.25) is 0 Å². The van der Waals surface area contributed by atoms with Gasteiger partial charge in [0.15, 0.2) is 0 Å². The zero-order valence-corrected chi connectivity index (χ0v) is 11.2. The third-order valence-corrected chi connectivity index (χ3v) is 3.55. The lowest BCUT2D eigenvalue weighted by Gasteiger charge is -2.10. The van der Waals surface area contributed by atoms with Crippen LogP contribution in [-0.2, 0) is 5.75 Å². The molecule has 98 valence electrons. The lowest BCUT2D eigenvalue weighted by molar-refractivity contribution is 1.21. The summed E-state index contributed by atoms with van der Waals surface area (Å²) in [5.74, 6) is 6.00. The Morgan fingerprint density at radius 1 is 1.32 bits per heavy atom. The summed E-state index contributed by atoms with van der Waals surface area (Å²) < 4.78 is 0. The first-order valence-electron chi connectivity index (χ1n) is 5.80. The summed E-state index contributed by atoms with van der Waals surface area (Å²) in [6.07, 6.45) is 4.40. The van der Waals surface area contributed by atoms with Gasteiger partial charge >= 0.3 is 0 Å². The normalized spacial score (nSPS) is 17.6. The Balaban J connectivity index is 2.07. The molecule has 0 bridgehead atoms. The molecule has 0 radical (unpaired) electrons. The van der Waals surface area contributed by atoms with Crippen LogP contribution in [0.4, 0.5) is 0 Å². The molecule has 0 amide bonds. The Labute approximate surface area is 116 Å². The standard InChI is InChI=1S/C13H15N5S/c14-13(18-15)17-11-7-4-8-16-12(11)19-9-10-5-2-1-3-6-10/h1-6,8H,7,9,15H2,(H2,14,18). The molecule has 1 aliphatic rings. The fraction of sp³-hybridized carbons (Fsp3) is 0.154. The second-order valence-corrected chi connectivity index (χ2v) is 4.81. The largest absolute Gasteiger partial charge is 0.367 e. The van der Waals surface area contributed by atoms with Crippen LogP contribution >= 0.6 is 11.8 Å². The molecule has 0 saturated carbocycles. The van der Waals surface area contributed by atoms with Crippen molar-refractivity contribution in [1.82, 2.24) is 0 Å². The number of nitrogens with two attached hydrogens (primary N) is 2. The average molecular weight is 273 g/mol. The van der Waals surface area contributed by atoms with Crippen LogP contribution < -0.4 is 11.6 Å². The summed E-state index contributed by atoms with van der Waals surface area (Å²) in [6.45, 7) is 0. The van der Waals surface area contributed by atoms with Gasteiger partial charge in [-0.05, 0) is 5.56 Å². The molecular formula is C13H15N5S. The Hall–Kier alpha value is -2.08. The molecule has 0 aliphatic carbocycles. The van der Waals surface area contributed by atoms with Crippen molar-refractivity contribution < 1.29 is 0 Å². The molecule has 2 rings (SSSR count). The van der Waals surface area contributed by atoms with Gasteiger partial charge in [0.2, 0.25) is 5.96 Å². The zero-order chi connectivity index (χ0) is 13.5. The number of rotatable bonds is 2. The van der Waals surface area contributed by atoms with E-state index in [1.165, 1.54) is 5.56 Å². The maximum atomic E-state index is 5.52. The maximum Gasteiger partial charge on any atom is 0.237 e. The molecule has 1 heterocycles. The molecule has 1 aromatic rings. The predicted molar refractivity (Wildman–Crippen MR) is 82.2 cm³/mol. The highest BCUT2D eigenvalue weighted by Crippen LogP contribution is 2.18. The van der Waals surface area contributed by atoms with Gasteiger partial charge in [0.25, 0.3) is 0 Å². The molecule has 5 nitrogen and oxygen atoms in total. The second-order valence-electron chi connectivity index (χ2n) is 3.84. The van der Waals surface area contributed by atoms with Gasteiger partial charge in [0.05, 0.1) is 5.71 Å². The van der Waals surface area contributed by atoms with E-state index in [0.717, 1.165) is 16.5 Å². The highest BCUT2D eigenvalue weighted by molar-refractivity contribution is 8.15. The summed E-state index contributed by atoms with van der Waals surface area (Å²) in [5.41, 5.74) is 7.56. The van der Waals surface area contributed by atoms with Gasteiger partial charge in [0, 0.05) is 18.4 Å². The highest BCUT2D eigenvalue weighted by Gasteiger charge is 2.12. The van der Waals surface area contributed by atoms with Gasteiger partial charge in [-0.15, -0.1) is 5.10 Å². The van der Waals surface area contributed by atoms with Gasteiger partial charge < -0.3 is 11.6 Å². The first-order valence-corrected chi connectivity index (χ1v) is 6.79. The molecule has 0 atom stereocenters. The number of nitrogens with zero attached hydrogens (tertiary/aromatic N) is 3. The number of thioether (sulfide) groups is 1. The molecule has 1 aromatic carbocycles. The van der Waals surface area contributed by atoms with Crippen molar-refractivity contribution in [2.75, 3.05) is 0 Å². The van der Waals surface area contributed by atoms with E-state index >= 15 is 0 Å². The Morgan fingerprint density at radius 3 is 2.84 bits per heavy atom. The van der Waals surface area contributed by atoms with E-state index in [2.05, 4.69) is 27.2 Å². The number of hydrazone groups is 1. The van der Waals surface area contributed by atoms with E-state index in [4.69, 9.17) is 11.6 Å². The number of allylic oxidation sites excluding steroid dienone is 1. The summed E-state index contributed by atoms with van der Waals surface area (Å²) in [7, 11) is 0. The minimum absolute atomic E-state index is 0.0679. The van der Waals surface area contributed by atoms with Crippen LogP contribution in [0.3, 0.4) is 0 Å². The van der Waals surface area contributed by atoms with Crippen molar-refractivity contribution in [2.24, 2.45) is 26.7 Å². The van der Waals surface area contributed by atoms with Crippen LogP contribution in [-0.4, -0.2) is 16.7 Å². The minimum atomic E-state index is 0.0679. The van der Waals surface area contributed by atoms with Crippen LogP contribution in [0.2, 0.25) is 0 Å². The number of hydrogen-bond donors (Lipinski definition) is 2. The van der Waals surface area contributed by atoms with Crippen molar-refractivity contribution in [3.05, 3.63) is 48.2 Å². The van der Waals surface area contributed by atoms with E-state index < -0.39 is 0 Å². The first-order chi connectivity index (χ1) is 9.29. The summed E-state index contributed by atoms with van der Waals surface area (Å²) in [5, 5.41) is 4.21.